The zero-order valence-corrected chi connectivity index (χ0v) is 34.6. The van der Waals surface area contributed by atoms with Gasteiger partial charge in [-0.05, 0) is 117 Å². The molecule has 2 heteroatoms. The lowest BCUT2D eigenvalue weighted by Crippen LogP contribution is -2.32. The molecule has 8 rings (SSSR count). The van der Waals surface area contributed by atoms with Crippen molar-refractivity contribution in [1.29, 1.82) is 0 Å². The zero-order chi connectivity index (χ0) is 41.8. The lowest BCUT2D eigenvalue weighted by atomic mass is 9.94. The fraction of sp³-hybridized carbons (Fsp3) is 0.0678. The minimum atomic E-state index is 0.161. The van der Waals surface area contributed by atoms with Crippen molar-refractivity contribution in [2.45, 2.75) is 25.3 Å². The van der Waals surface area contributed by atoms with E-state index in [2.05, 4.69) is 236 Å². The van der Waals surface area contributed by atoms with E-state index in [-0.39, 0.29) is 6.04 Å². The minimum absolute atomic E-state index is 0.161. The van der Waals surface area contributed by atoms with E-state index < -0.39 is 0 Å². The van der Waals surface area contributed by atoms with E-state index in [1.165, 1.54) is 33.4 Å². The molecule has 2 aliphatic rings. The van der Waals surface area contributed by atoms with Crippen LogP contribution in [0.3, 0.4) is 0 Å². The Kier molecular flexibility index (Phi) is 12.8. The van der Waals surface area contributed by atoms with Crippen LogP contribution in [0.1, 0.15) is 36.0 Å². The summed E-state index contributed by atoms with van der Waals surface area (Å²) < 4.78 is 0. The predicted octanol–water partition coefficient (Wildman–Crippen LogP) is 15.6. The monoisotopic (exact) mass is 786 g/mol. The SMILES string of the molecule is C=C/C(=C\C=C\N(c1ccc(C(=C)CCC(=C)N(C2=CC=C=C2)C2C=CC(c3ccc(-c4ccccc4)cc3)=CC2)cc1)c1ccc(-c2ccccc2)cc1)c1ccccc1. The molecule has 2 nitrogen and oxygen atoms in total. The summed E-state index contributed by atoms with van der Waals surface area (Å²) in [6.07, 6.45) is 23.8. The van der Waals surface area contributed by atoms with Crippen molar-refractivity contribution < 1.29 is 0 Å². The summed E-state index contributed by atoms with van der Waals surface area (Å²) in [5.74, 6) is 0. The molecule has 0 aliphatic heterocycles. The number of rotatable bonds is 16. The van der Waals surface area contributed by atoms with Crippen molar-refractivity contribution in [3.8, 4) is 22.3 Å². The van der Waals surface area contributed by atoms with Crippen LogP contribution in [0.4, 0.5) is 11.4 Å². The summed E-state index contributed by atoms with van der Waals surface area (Å²) in [6, 6.07) is 57.8. The molecule has 1 atom stereocenters. The first-order valence-corrected chi connectivity index (χ1v) is 21.0. The zero-order valence-electron chi connectivity index (χ0n) is 34.6. The first-order chi connectivity index (χ1) is 30.0. The first-order valence-electron chi connectivity index (χ1n) is 21.0. The van der Waals surface area contributed by atoms with E-state index in [0.29, 0.717) is 0 Å². The molecule has 1 unspecified atom stereocenters. The van der Waals surface area contributed by atoms with Crippen molar-refractivity contribution in [2.24, 2.45) is 0 Å². The second kappa shape index (κ2) is 19.4. The lowest BCUT2D eigenvalue weighted by molar-refractivity contribution is 0.362. The van der Waals surface area contributed by atoms with Crippen molar-refractivity contribution in [2.75, 3.05) is 4.90 Å². The van der Waals surface area contributed by atoms with Gasteiger partial charge in [-0.25, -0.2) is 0 Å². The Morgan fingerprint density at radius 1 is 0.623 bits per heavy atom. The highest BCUT2D eigenvalue weighted by Crippen LogP contribution is 2.34. The van der Waals surface area contributed by atoms with E-state index in [9.17, 15) is 0 Å². The Bertz CT molecular complexity index is 2700. The predicted molar refractivity (Wildman–Crippen MR) is 262 cm³/mol. The molecular formula is C59H50N2. The molecule has 0 fully saturated rings. The second-order valence-electron chi connectivity index (χ2n) is 15.2. The minimum Gasteiger partial charge on any atom is -0.338 e. The Morgan fingerprint density at radius 2 is 1.18 bits per heavy atom. The lowest BCUT2D eigenvalue weighted by Gasteiger charge is -2.35. The summed E-state index contributed by atoms with van der Waals surface area (Å²) in [6.45, 7) is 13.2. The van der Waals surface area contributed by atoms with Gasteiger partial charge in [0.25, 0.3) is 0 Å². The molecule has 0 N–H and O–H groups in total. The summed E-state index contributed by atoms with van der Waals surface area (Å²) in [7, 11) is 0. The molecule has 6 aromatic rings. The Hall–Kier alpha value is -7.64. The van der Waals surface area contributed by atoms with Crippen LogP contribution in [0.15, 0.2) is 262 Å². The molecule has 6 aromatic carbocycles. The summed E-state index contributed by atoms with van der Waals surface area (Å²) in [5, 5.41) is 0. The van der Waals surface area contributed by atoms with Gasteiger partial charge in [0, 0.05) is 35.0 Å². The van der Waals surface area contributed by atoms with E-state index in [1.807, 2.05) is 24.3 Å². The van der Waals surface area contributed by atoms with Crippen molar-refractivity contribution in [3.05, 3.63) is 278 Å². The summed E-state index contributed by atoms with van der Waals surface area (Å²) in [4.78, 5) is 4.59. The van der Waals surface area contributed by atoms with Crippen LogP contribution in [0.5, 0.6) is 0 Å². The van der Waals surface area contributed by atoms with Crippen molar-refractivity contribution >= 4 is 28.1 Å². The third-order valence-corrected chi connectivity index (χ3v) is 11.3. The topological polar surface area (TPSA) is 6.48 Å². The van der Waals surface area contributed by atoms with Crippen LogP contribution in [0.2, 0.25) is 0 Å². The van der Waals surface area contributed by atoms with Crippen molar-refractivity contribution in [3.63, 3.8) is 0 Å². The highest BCUT2D eigenvalue weighted by atomic mass is 15.2. The first kappa shape index (κ1) is 40.2. The average Bonchev–Trinajstić information content (AvgIpc) is 3.87. The number of anilines is 2. The molecular weight excluding hydrogens is 737 g/mol. The fourth-order valence-corrected chi connectivity index (χ4v) is 7.90. The highest BCUT2D eigenvalue weighted by Gasteiger charge is 2.23. The van der Waals surface area contributed by atoms with Gasteiger partial charge < -0.3 is 9.80 Å². The second-order valence-corrected chi connectivity index (χ2v) is 15.2. The van der Waals surface area contributed by atoms with Crippen LogP contribution in [0.25, 0.3) is 39.0 Å². The number of hydrogen-bond donors (Lipinski definition) is 0. The Labute approximate surface area is 362 Å². The Balaban J connectivity index is 0.950. The van der Waals surface area contributed by atoms with Gasteiger partial charge in [-0.1, -0.05) is 190 Å². The molecule has 0 aromatic heterocycles. The third-order valence-electron chi connectivity index (χ3n) is 11.3. The average molecular weight is 787 g/mol. The van der Waals surface area contributed by atoms with Gasteiger partial charge in [0.15, 0.2) is 0 Å². The summed E-state index contributed by atoms with van der Waals surface area (Å²) in [5.41, 5.74) is 19.3. The van der Waals surface area contributed by atoms with Gasteiger partial charge in [-0.3, -0.25) is 0 Å². The van der Waals surface area contributed by atoms with Gasteiger partial charge >= 0.3 is 0 Å². The van der Waals surface area contributed by atoms with Crippen LogP contribution < -0.4 is 4.90 Å². The van der Waals surface area contributed by atoms with Gasteiger partial charge in [0.2, 0.25) is 0 Å². The van der Waals surface area contributed by atoms with Gasteiger partial charge in [0.05, 0.1) is 6.04 Å². The molecule has 0 radical (unpaired) electrons. The largest absolute Gasteiger partial charge is 0.338 e. The van der Waals surface area contributed by atoms with Crippen LogP contribution in [-0.4, -0.2) is 10.9 Å². The quantitative estimate of drug-likeness (QED) is 0.0712. The standard InChI is InChI=1S/C59H50N2/c1-4-47(49-17-8-5-9-18-49)23-16-44-60(57-40-34-54(35-41-57)51-21-12-7-13-22-51)56-38-32-48(33-39-56)45(2)26-27-46(3)61(58-24-14-15-25-58)59-42-36-55(37-43-59)53-30-28-52(29-31-53)50-19-10-6-11-20-50/h4-14,16-25,28-42,44,59H,1-3,26-27,43H2/b44-16+,47-23+. The molecule has 0 bridgehead atoms. The molecule has 2 aliphatic carbocycles. The Morgan fingerprint density at radius 3 is 1.74 bits per heavy atom. The molecule has 0 heterocycles. The maximum Gasteiger partial charge on any atom is 0.0557 e. The van der Waals surface area contributed by atoms with E-state index in [1.54, 1.807) is 0 Å². The van der Waals surface area contributed by atoms with E-state index >= 15 is 0 Å². The number of benzene rings is 6. The van der Waals surface area contributed by atoms with Gasteiger partial charge in [-0.2, -0.15) is 0 Å². The van der Waals surface area contributed by atoms with E-state index in [4.69, 9.17) is 0 Å². The molecule has 0 saturated heterocycles. The normalized spacial score (nSPS) is 14.4. The van der Waals surface area contributed by atoms with Crippen LogP contribution >= 0.6 is 0 Å². The third kappa shape index (κ3) is 9.81. The molecule has 296 valence electrons. The van der Waals surface area contributed by atoms with Crippen molar-refractivity contribution in [1.82, 2.24) is 4.90 Å². The van der Waals surface area contributed by atoms with Gasteiger partial charge in [-0.15, -0.1) is 5.73 Å². The highest BCUT2D eigenvalue weighted by molar-refractivity contribution is 5.78. The number of allylic oxidation sites excluding steroid dienone is 10. The maximum absolute atomic E-state index is 4.62. The van der Waals surface area contributed by atoms with Crippen LogP contribution in [0, 0.1) is 0 Å². The van der Waals surface area contributed by atoms with E-state index in [0.717, 1.165) is 64.3 Å². The molecule has 61 heavy (non-hydrogen) atoms. The summed E-state index contributed by atoms with van der Waals surface area (Å²) >= 11 is 0. The maximum atomic E-state index is 4.62. The smallest absolute Gasteiger partial charge is 0.0557 e. The fourth-order valence-electron chi connectivity index (χ4n) is 7.90. The van der Waals surface area contributed by atoms with Gasteiger partial charge in [0.1, 0.15) is 0 Å². The van der Waals surface area contributed by atoms with Crippen LogP contribution in [-0.2, 0) is 0 Å². The molecule has 0 amide bonds. The molecule has 0 saturated carbocycles. The molecule has 0 spiro atoms. The number of nitrogens with zero attached hydrogens (tertiary/aromatic N) is 2. The number of hydrogen-bond acceptors (Lipinski definition) is 2.